The average molecular weight is 318 g/mol. The van der Waals surface area contributed by atoms with E-state index in [9.17, 15) is 4.79 Å². The van der Waals surface area contributed by atoms with Gasteiger partial charge in [-0.15, -0.1) is 0 Å². The highest BCUT2D eigenvalue weighted by Crippen LogP contribution is 2.30. The Morgan fingerprint density at radius 2 is 2.05 bits per heavy atom. The Morgan fingerprint density at radius 1 is 1.40 bits per heavy atom. The molecule has 0 amide bonds. The Hall–Kier alpha value is -0.970. The fraction of sp³-hybridized carbons (Fsp3) is 0.500. The van der Waals surface area contributed by atoms with E-state index in [0.717, 1.165) is 6.54 Å². The number of carbonyl (C=O) groups is 1. The quantitative estimate of drug-likeness (QED) is 0.906. The van der Waals surface area contributed by atoms with Gasteiger partial charge in [-0.25, -0.2) is 0 Å². The summed E-state index contributed by atoms with van der Waals surface area (Å²) in [5.41, 5.74) is -0.640. The lowest BCUT2D eigenvalue weighted by atomic mass is 9.90. The number of benzene rings is 1. The first kappa shape index (κ1) is 15.4. The van der Waals surface area contributed by atoms with E-state index in [2.05, 4.69) is 4.90 Å². The molecule has 1 aliphatic rings. The molecule has 4 nitrogen and oxygen atoms in total. The highest BCUT2D eigenvalue weighted by Gasteiger charge is 2.40. The van der Waals surface area contributed by atoms with Gasteiger partial charge in [-0.2, -0.15) is 0 Å². The van der Waals surface area contributed by atoms with E-state index in [-0.39, 0.29) is 0 Å². The zero-order chi connectivity index (χ0) is 14.8. The minimum absolute atomic E-state index is 0.479. The Bertz CT molecular complexity index is 489. The van der Waals surface area contributed by atoms with Gasteiger partial charge in [0, 0.05) is 23.1 Å². The molecule has 20 heavy (non-hydrogen) atoms. The first-order valence-corrected chi connectivity index (χ1v) is 7.19. The summed E-state index contributed by atoms with van der Waals surface area (Å²) in [7, 11) is 0. The van der Waals surface area contributed by atoms with Gasteiger partial charge in [-0.3, -0.25) is 9.69 Å². The largest absolute Gasteiger partial charge is 0.492 e. The number of carboxylic acids is 1. The van der Waals surface area contributed by atoms with Gasteiger partial charge in [0.1, 0.15) is 12.4 Å². The van der Waals surface area contributed by atoms with Crippen molar-refractivity contribution in [2.45, 2.75) is 13.3 Å². The molecule has 1 saturated heterocycles. The number of likely N-dealkylation sites (tertiary alicyclic amines) is 1. The summed E-state index contributed by atoms with van der Waals surface area (Å²) >= 11 is 11.8. The van der Waals surface area contributed by atoms with Crippen molar-refractivity contribution >= 4 is 29.2 Å². The number of hydrogen-bond donors (Lipinski definition) is 1. The summed E-state index contributed by atoms with van der Waals surface area (Å²) in [5.74, 6) is -0.106. The molecule has 2 rings (SSSR count). The van der Waals surface area contributed by atoms with Crippen LogP contribution in [-0.4, -0.2) is 42.2 Å². The van der Waals surface area contributed by atoms with E-state index >= 15 is 0 Å². The number of ether oxygens (including phenoxy) is 1. The Kier molecular flexibility index (Phi) is 4.78. The third kappa shape index (κ3) is 3.78. The smallest absolute Gasteiger partial charge is 0.310 e. The number of carboxylic acid groups (broad SMARTS) is 1. The van der Waals surface area contributed by atoms with Gasteiger partial charge in [0.05, 0.1) is 5.41 Å². The van der Waals surface area contributed by atoms with Gasteiger partial charge < -0.3 is 9.84 Å². The molecule has 1 aromatic rings. The Labute approximate surface area is 128 Å². The third-order valence-electron chi connectivity index (χ3n) is 3.58. The van der Waals surface area contributed by atoms with E-state index in [1.165, 1.54) is 0 Å². The summed E-state index contributed by atoms with van der Waals surface area (Å²) in [5, 5.41) is 10.2. The van der Waals surface area contributed by atoms with E-state index in [0.29, 0.717) is 41.9 Å². The Balaban J connectivity index is 1.81. The number of halogens is 2. The number of nitrogens with zero attached hydrogens (tertiary/aromatic N) is 1. The van der Waals surface area contributed by atoms with Crippen molar-refractivity contribution < 1.29 is 14.6 Å². The summed E-state index contributed by atoms with van der Waals surface area (Å²) in [6.07, 6.45) is 0.672. The van der Waals surface area contributed by atoms with Gasteiger partial charge in [-0.1, -0.05) is 23.2 Å². The van der Waals surface area contributed by atoms with E-state index < -0.39 is 11.4 Å². The molecule has 1 N–H and O–H groups in total. The van der Waals surface area contributed by atoms with Crippen molar-refractivity contribution in [1.82, 2.24) is 4.90 Å². The number of rotatable bonds is 5. The van der Waals surface area contributed by atoms with Crippen molar-refractivity contribution in [2.75, 3.05) is 26.2 Å². The molecule has 1 atom stereocenters. The maximum absolute atomic E-state index is 11.2. The monoisotopic (exact) mass is 317 g/mol. The van der Waals surface area contributed by atoms with E-state index in [4.69, 9.17) is 33.0 Å². The lowest BCUT2D eigenvalue weighted by Gasteiger charge is -2.20. The molecule has 0 saturated carbocycles. The van der Waals surface area contributed by atoms with Gasteiger partial charge in [0.2, 0.25) is 0 Å². The molecular formula is C14H17Cl2NO3. The lowest BCUT2D eigenvalue weighted by molar-refractivity contribution is -0.147. The van der Waals surface area contributed by atoms with Crippen LogP contribution in [0.4, 0.5) is 0 Å². The molecule has 6 heteroatoms. The maximum Gasteiger partial charge on any atom is 0.310 e. The van der Waals surface area contributed by atoms with E-state index in [1.807, 2.05) is 0 Å². The molecule has 0 aliphatic carbocycles. The predicted molar refractivity (Wildman–Crippen MR) is 78.8 cm³/mol. The molecule has 1 aromatic carbocycles. The summed E-state index contributed by atoms with van der Waals surface area (Å²) in [6, 6.07) is 5.06. The van der Waals surface area contributed by atoms with Gasteiger partial charge in [-0.05, 0) is 38.1 Å². The molecule has 1 fully saturated rings. The second-order valence-electron chi connectivity index (χ2n) is 5.35. The van der Waals surface area contributed by atoms with Crippen molar-refractivity contribution in [3.63, 3.8) is 0 Å². The minimum atomic E-state index is -0.734. The fourth-order valence-corrected chi connectivity index (χ4v) is 2.83. The highest BCUT2D eigenvalue weighted by molar-refractivity contribution is 6.34. The lowest BCUT2D eigenvalue weighted by Crippen LogP contribution is -2.33. The second-order valence-corrected chi connectivity index (χ2v) is 6.22. The van der Waals surface area contributed by atoms with E-state index in [1.54, 1.807) is 25.1 Å². The van der Waals surface area contributed by atoms with Crippen LogP contribution in [0, 0.1) is 5.41 Å². The van der Waals surface area contributed by atoms with Crippen molar-refractivity contribution in [3.8, 4) is 5.75 Å². The topological polar surface area (TPSA) is 49.8 Å². The van der Waals surface area contributed by atoms with Crippen molar-refractivity contribution in [2.24, 2.45) is 5.41 Å². The molecule has 110 valence electrons. The molecule has 0 bridgehead atoms. The molecule has 0 aromatic heterocycles. The van der Waals surface area contributed by atoms with Crippen LogP contribution in [0.15, 0.2) is 18.2 Å². The van der Waals surface area contributed by atoms with Crippen LogP contribution in [0.3, 0.4) is 0 Å². The molecule has 0 radical (unpaired) electrons. The van der Waals surface area contributed by atoms with Crippen LogP contribution < -0.4 is 4.74 Å². The van der Waals surface area contributed by atoms with Crippen LogP contribution in [0.2, 0.25) is 10.0 Å². The number of hydrogen-bond acceptors (Lipinski definition) is 3. The third-order valence-corrected chi connectivity index (χ3v) is 4.02. The van der Waals surface area contributed by atoms with Crippen LogP contribution in [-0.2, 0) is 4.79 Å². The normalized spacial score (nSPS) is 22.9. The van der Waals surface area contributed by atoms with Crippen LogP contribution in [0.25, 0.3) is 0 Å². The molecule has 1 aliphatic heterocycles. The zero-order valence-electron chi connectivity index (χ0n) is 11.2. The SMILES string of the molecule is CC1(C(=O)O)CCN(CCOc2cc(Cl)cc(Cl)c2)C1. The van der Waals surface area contributed by atoms with Crippen LogP contribution in [0.1, 0.15) is 13.3 Å². The second kappa shape index (κ2) is 6.20. The summed E-state index contributed by atoms with van der Waals surface area (Å²) in [6.45, 7) is 4.29. The first-order chi connectivity index (χ1) is 9.39. The molecular weight excluding hydrogens is 301 g/mol. The highest BCUT2D eigenvalue weighted by atomic mass is 35.5. The average Bonchev–Trinajstić information content (AvgIpc) is 2.71. The maximum atomic E-state index is 11.2. The summed E-state index contributed by atoms with van der Waals surface area (Å²) < 4.78 is 5.60. The van der Waals surface area contributed by atoms with Crippen LogP contribution in [0.5, 0.6) is 5.75 Å². The van der Waals surface area contributed by atoms with Gasteiger partial charge in [0.25, 0.3) is 0 Å². The van der Waals surface area contributed by atoms with Crippen molar-refractivity contribution in [3.05, 3.63) is 28.2 Å². The standard InChI is InChI=1S/C14H17Cl2NO3/c1-14(13(18)19)2-3-17(9-14)4-5-20-12-7-10(15)6-11(16)8-12/h6-8H,2-5,9H2,1H3,(H,18,19). The van der Waals surface area contributed by atoms with Crippen LogP contribution >= 0.6 is 23.2 Å². The molecule has 0 spiro atoms. The van der Waals surface area contributed by atoms with Crippen molar-refractivity contribution in [1.29, 1.82) is 0 Å². The molecule has 1 unspecified atom stereocenters. The molecule has 1 heterocycles. The summed E-state index contributed by atoms with van der Waals surface area (Å²) in [4.78, 5) is 13.2. The first-order valence-electron chi connectivity index (χ1n) is 6.44. The zero-order valence-corrected chi connectivity index (χ0v) is 12.7. The predicted octanol–water partition coefficient (Wildman–Crippen LogP) is 3.17. The fourth-order valence-electron chi connectivity index (χ4n) is 2.33. The minimum Gasteiger partial charge on any atom is -0.492 e. The number of aliphatic carboxylic acids is 1. The van der Waals surface area contributed by atoms with Gasteiger partial charge in [0.15, 0.2) is 0 Å². The van der Waals surface area contributed by atoms with Gasteiger partial charge >= 0.3 is 5.97 Å². The Morgan fingerprint density at radius 3 is 2.60 bits per heavy atom.